The van der Waals surface area contributed by atoms with E-state index < -0.39 is 0 Å². The van der Waals surface area contributed by atoms with Crippen molar-refractivity contribution in [3.8, 4) is 0 Å². The molecule has 7 heteroatoms. The van der Waals surface area contributed by atoms with Crippen LogP contribution in [-0.4, -0.2) is 39.5 Å². The van der Waals surface area contributed by atoms with Crippen LogP contribution in [0.3, 0.4) is 0 Å². The highest BCUT2D eigenvalue weighted by Crippen LogP contribution is 2.27. The second-order valence-electron chi connectivity index (χ2n) is 4.07. The molecule has 1 fully saturated rings. The maximum absolute atomic E-state index is 9.43. The number of aliphatic hydroxyl groups excluding tert-OH is 1. The maximum Gasteiger partial charge on any atom is 0.245 e. The second kappa shape index (κ2) is 5.80. The molecule has 0 radical (unpaired) electrons. The van der Waals surface area contributed by atoms with Crippen LogP contribution in [0.15, 0.2) is 0 Å². The van der Waals surface area contributed by atoms with E-state index in [1.165, 1.54) is 0 Å². The Labute approximate surface area is 110 Å². The number of hydrogen-bond acceptors (Lipinski definition) is 5. The molecule has 5 nitrogen and oxygen atoms in total. The molecule has 1 aromatic heterocycles. The van der Waals surface area contributed by atoms with Gasteiger partial charge in [0.1, 0.15) is 0 Å². The molecule has 1 saturated heterocycles. The van der Waals surface area contributed by atoms with Gasteiger partial charge in [-0.2, -0.15) is 4.98 Å². The Morgan fingerprint density at radius 2 is 2.06 bits per heavy atom. The highest BCUT2D eigenvalue weighted by atomic mass is 35.5. The molecule has 17 heavy (non-hydrogen) atoms. The van der Waals surface area contributed by atoms with E-state index in [4.69, 9.17) is 23.2 Å². The Morgan fingerprint density at radius 1 is 1.24 bits per heavy atom. The van der Waals surface area contributed by atoms with Crippen molar-refractivity contribution >= 4 is 29.0 Å². The zero-order chi connectivity index (χ0) is 12.3. The van der Waals surface area contributed by atoms with Gasteiger partial charge in [0.2, 0.25) is 5.28 Å². The van der Waals surface area contributed by atoms with Gasteiger partial charge in [-0.05, 0) is 24.4 Å². The average Bonchev–Trinajstić information content (AvgIpc) is 2.57. The third-order valence-electron chi connectivity index (χ3n) is 2.96. The second-order valence-corrected chi connectivity index (χ2v) is 4.77. The van der Waals surface area contributed by atoms with Gasteiger partial charge in [0.25, 0.3) is 0 Å². The third-order valence-corrected chi connectivity index (χ3v) is 3.37. The van der Waals surface area contributed by atoms with E-state index in [2.05, 4.69) is 15.2 Å². The van der Waals surface area contributed by atoms with E-state index in [0.717, 1.165) is 32.2 Å². The lowest BCUT2D eigenvalue weighted by Crippen LogP contribution is -2.38. The van der Waals surface area contributed by atoms with Crippen LogP contribution in [0.4, 0.5) is 5.82 Å². The summed E-state index contributed by atoms with van der Waals surface area (Å²) in [7, 11) is 0. The van der Waals surface area contributed by atoms with Crippen molar-refractivity contribution in [2.75, 3.05) is 18.1 Å². The SMILES string of the molecule is OCC1CCCCCN1c1nc(Cl)nnc1Cl. The molecule has 1 aliphatic rings. The predicted molar refractivity (Wildman–Crippen MR) is 66.5 cm³/mol. The molecule has 1 aliphatic heterocycles. The minimum absolute atomic E-state index is 0.0303. The lowest BCUT2D eigenvalue weighted by atomic mass is 10.1. The van der Waals surface area contributed by atoms with Crippen molar-refractivity contribution in [1.82, 2.24) is 15.2 Å². The van der Waals surface area contributed by atoms with Gasteiger partial charge in [0.05, 0.1) is 12.6 Å². The molecule has 0 bridgehead atoms. The molecule has 1 atom stereocenters. The van der Waals surface area contributed by atoms with Crippen LogP contribution in [0.2, 0.25) is 10.4 Å². The number of aliphatic hydroxyl groups is 1. The molecular weight excluding hydrogens is 263 g/mol. The molecule has 0 aromatic carbocycles. The summed E-state index contributed by atoms with van der Waals surface area (Å²) >= 11 is 11.7. The number of halogens is 2. The molecule has 1 aromatic rings. The van der Waals surface area contributed by atoms with Crippen LogP contribution in [0.1, 0.15) is 25.7 Å². The first-order valence-electron chi connectivity index (χ1n) is 5.65. The molecule has 94 valence electrons. The maximum atomic E-state index is 9.43. The van der Waals surface area contributed by atoms with Gasteiger partial charge >= 0.3 is 0 Å². The highest BCUT2D eigenvalue weighted by Gasteiger charge is 2.24. The smallest absolute Gasteiger partial charge is 0.245 e. The van der Waals surface area contributed by atoms with Crippen LogP contribution in [-0.2, 0) is 0 Å². The summed E-state index contributed by atoms with van der Waals surface area (Å²) in [6.45, 7) is 0.887. The van der Waals surface area contributed by atoms with Gasteiger partial charge in [0, 0.05) is 6.54 Å². The van der Waals surface area contributed by atoms with Crippen LogP contribution >= 0.6 is 23.2 Å². The van der Waals surface area contributed by atoms with Crippen LogP contribution in [0.25, 0.3) is 0 Å². The van der Waals surface area contributed by atoms with Gasteiger partial charge in [0.15, 0.2) is 11.0 Å². The summed E-state index contributed by atoms with van der Waals surface area (Å²) in [5.41, 5.74) is 0. The monoisotopic (exact) mass is 276 g/mol. The Kier molecular flexibility index (Phi) is 4.36. The normalized spacial score (nSPS) is 21.4. The standard InChI is InChI=1S/C10H14Cl2N4O/c11-8-9(13-10(12)15-14-8)16-5-3-1-2-4-7(16)6-17/h7,17H,1-6H2. The van der Waals surface area contributed by atoms with Crippen molar-refractivity contribution in [1.29, 1.82) is 0 Å². The number of hydrogen-bond donors (Lipinski definition) is 1. The molecule has 1 unspecified atom stereocenters. The number of anilines is 1. The lowest BCUT2D eigenvalue weighted by Gasteiger charge is -2.29. The third kappa shape index (κ3) is 2.97. The van der Waals surface area contributed by atoms with E-state index in [1.807, 2.05) is 4.90 Å². The fraction of sp³-hybridized carbons (Fsp3) is 0.700. The quantitative estimate of drug-likeness (QED) is 0.894. The Hall–Kier alpha value is -0.650. The average molecular weight is 277 g/mol. The summed E-state index contributed by atoms with van der Waals surface area (Å²) in [5, 5.41) is 17.1. The lowest BCUT2D eigenvalue weighted by molar-refractivity contribution is 0.254. The van der Waals surface area contributed by atoms with Crippen molar-refractivity contribution in [2.24, 2.45) is 0 Å². The summed E-state index contributed by atoms with van der Waals surface area (Å²) in [4.78, 5) is 6.09. The van der Waals surface area contributed by atoms with Gasteiger partial charge < -0.3 is 10.0 Å². The fourth-order valence-electron chi connectivity index (χ4n) is 2.11. The van der Waals surface area contributed by atoms with Crippen molar-refractivity contribution in [3.63, 3.8) is 0 Å². The van der Waals surface area contributed by atoms with Gasteiger partial charge in [-0.1, -0.05) is 24.4 Å². The van der Waals surface area contributed by atoms with Crippen LogP contribution < -0.4 is 4.90 Å². The Bertz CT molecular complexity index is 391. The Morgan fingerprint density at radius 3 is 2.82 bits per heavy atom. The molecule has 0 aliphatic carbocycles. The van der Waals surface area contributed by atoms with Crippen LogP contribution in [0, 0.1) is 0 Å². The summed E-state index contributed by atoms with van der Waals surface area (Å²) in [6.07, 6.45) is 4.23. The van der Waals surface area contributed by atoms with E-state index >= 15 is 0 Å². The minimum atomic E-state index is 0.0303. The van der Waals surface area contributed by atoms with E-state index in [9.17, 15) is 5.11 Å². The van der Waals surface area contributed by atoms with Gasteiger partial charge in [-0.3, -0.25) is 0 Å². The molecule has 0 spiro atoms. The highest BCUT2D eigenvalue weighted by molar-refractivity contribution is 6.32. The first kappa shape index (κ1) is 12.8. The molecular formula is C10H14Cl2N4O. The summed E-state index contributed by atoms with van der Waals surface area (Å²) in [5.74, 6) is 0.521. The molecule has 0 amide bonds. The van der Waals surface area contributed by atoms with Crippen molar-refractivity contribution in [2.45, 2.75) is 31.7 Å². The van der Waals surface area contributed by atoms with Crippen molar-refractivity contribution < 1.29 is 5.11 Å². The van der Waals surface area contributed by atoms with Crippen molar-refractivity contribution in [3.05, 3.63) is 10.4 Å². The van der Waals surface area contributed by atoms with E-state index in [-0.39, 0.29) is 23.1 Å². The zero-order valence-corrected chi connectivity index (χ0v) is 10.8. The molecule has 2 heterocycles. The molecule has 1 N–H and O–H groups in total. The molecule has 2 rings (SSSR count). The zero-order valence-electron chi connectivity index (χ0n) is 9.31. The van der Waals surface area contributed by atoms with E-state index in [1.54, 1.807) is 0 Å². The van der Waals surface area contributed by atoms with E-state index in [0.29, 0.717) is 5.82 Å². The first-order chi connectivity index (χ1) is 8.22. The summed E-state index contributed by atoms with van der Waals surface area (Å²) < 4.78 is 0. The fourth-order valence-corrected chi connectivity index (χ4v) is 2.42. The van der Waals surface area contributed by atoms with Gasteiger partial charge in [-0.25, -0.2) is 0 Å². The minimum Gasteiger partial charge on any atom is -0.394 e. The first-order valence-corrected chi connectivity index (χ1v) is 6.41. The van der Waals surface area contributed by atoms with Crippen LogP contribution in [0.5, 0.6) is 0 Å². The number of rotatable bonds is 2. The Balaban J connectivity index is 2.31. The predicted octanol–water partition coefficient (Wildman–Crippen LogP) is 1.92. The molecule has 0 saturated carbocycles. The largest absolute Gasteiger partial charge is 0.394 e. The number of aromatic nitrogens is 3. The van der Waals surface area contributed by atoms with Gasteiger partial charge in [-0.15, -0.1) is 10.2 Å². The topological polar surface area (TPSA) is 62.1 Å². The summed E-state index contributed by atoms with van der Waals surface area (Å²) in [6, 6.07) is 0.0303. The number of nitrogens with zero attached hydrogens (tertiary/aromatic N) is 4.